The molecule has 0 aliphatic carbocycles. The Balaban J connectivity index is 2.24. The lowest BCUT2D eigenvalue weighted by molar-refractivity contribution is 0.659. The van der Waals surface area contributed by atoms with Gasteiger partial charge in [-0.3, -0.25) is 0 Å². The highest BCUT2D eigenvalue weighted by molar-refractivity contribution is 6.30. The third-order valence-electron chi connectivity index (χ3n) is 2.59. The number of pyridine rings is 1. The molecule has 1 saturated heterocycles. The number of nitrogens with zero attached hydrogens (tertiary/aromatic N) is 2. The SMILES string of the molecule is CC1CCN(c2ncc(Cl)cc2N)C1. The fourth-order valence-corrected chi connectivity index (χ4v) is 2.01. The van der Waals surface area contributed by atoms with Crippen molar-refractivity contribution < 1.29 is 0 Å². The second-order valence-electron chi connectivity index (χ2n) is 3.91. The second-order valence-corrected chi connectivity index (χ2v) is 4.34. The number of hydrogen-bond donors (Lipinski definition) is 1. The first-order valence-corrected chi connectivity index (χ1v) is 5.20. The molecule has 2 heterocycles. The predicted molar refractivity (Wildman–Crippen MR) is 59.7 cm³/mol. The van der Waals surface area contributed by atoms with Gasteiger partial charge in [-0.2, -0.15) is 0 Å². The van der Waals surface area contributed by atoms with Crippen molar-refractivity contribution in [1.29, 1.82) is 0 Å². The summed E-state index contributed by atoms with van der Waals surface area (Å²) >= 11 is 5.79. The van der Waals surface area contributed by atoms with Crippen LogP contribution in [-0.2, 0) is 0 Å². The topological polar surface area (TPSA) is 42.2 Å². The molecule has 0 spiro atoms. The Morgan fingerprint density at radius 3 is 3.00 bits per heavy atom. The highest BCUT2D eigenvalue weighted by atomic mass is 35.5. The molecule has 0 radical (unpaired) electrons. The van der Waals surface area contributed by atoms with E-state index in [1.165, 1.54) is 6.42 Å². The third kappa shape index (κ3) is 1.77. The standard InChI is InChI=1S/C10H14ClN3/c1-7-2-3-14(6-7)10-9(12)4-8(11)5-13-10/h4-5,7H,2-3,6,12H2,1H3. The molecular weight excluding hydrogens is 198 g/mol. The van der Waals surface area contributed by atoms with Gasteiger partial charge in [-0.25, -0.2) is 4.98 Å². The number of halogens is 1. The van der Waals surface area contributed by atoms with Crippen LogP contribution in [0, 0.1) is 5.92 Å². The molecule has 1 fully saturated rings. The number of aromatic nitrogens is 1. The Hall–Kier alpha value is -0.960. The minimum Gasteiger partial charge on any atom is -0.396 e. The molecule has 3 nitrogen and oxygen atoms in total. The lowest BCUT2D eigenvalue weighted by Gasteiger charge is -2.18. The number of hydrogen-bond acceptors (Lipinski definition) is 3. The van der Waals surface area contributed by atoms with E-state index < -0.39 is 0 Å². The maximum Gasteiger partial charge on any atom is 0.151 e. The van der Waals surface area contributed by atoms with Gasteiger partial charge in [-0.15, -0.1) is 0 Å². The quantitative estimate of drug-likeness (QED) is 0.774. The molecule has 1 aliphatic heterocycles. The number of anilines is 2. The van der Waals surface area contributed by atoms with E-state index in [9.17, 15) is 0 Å². The van der Waals surface area contributed by atoms with Crippen LogP contribution < -0.4 is 10.6 Å². The lowest BCUT2D eigenvalue weighted by Crippen LogP contribution is -2.21. The fraction of sp³-hybridized carbons (Fsp3) is 0.500. The molecular formula is C10H14ClN3. The Bertz CT molecular complexity index is 340. The first-order valence-electron chi connectivity index (χ1n) is 4.83. The maximum absolute atomic E-state index is 5.86. The first kappa shape index (κ1) is 9.59. The molecule has 0 saturated carbocycles. The molecule has 1 aliphatic rings. The van der Waals surface area contributed by atoms with Gasteiger partial charge in [-0.1, -0.05) is 18.5 Å². The van der Waals surface area contributed by atoms with E-state index in [1.54, 1.807) is 12.3 Å². The van der Waals surface area contributed by atoms with Gasteiger partial charge in [0.2, 0.25) is 0 Å². The van der Waals surface area contributed by atoms with Crippen LogP contribution in [0.1, 0.15) is 13.3 Å². The summed E-state index contributed by atoms with van der Waals surface area (Å²) in [7, 11) is 0. The number of nitrogens with two attached hydrogens (primary N) is 1. The van der Waals surface area contributed by atoms with Crippen LogP contribution in [0.3, 0.4) is 0 Å². The van der Waals surface area contributed by atoms with Crippen LogP contribution in [0.2, 0.25) is 5.02 Å². The Morgan fingerprint density at radius 1 is 1.64 bits per heavy atom. The van der Waals surface area contributed by atoms with E-state index in [-0.39, 0.29) is 0 Å². The summed E-state index contributed by atoms with van der Waals surface area (Å²) in [5, 5.41) is 0.596. The molecule has 2 N–H and O–H groups in total. The molecule has 1 atom stereocenters. The van der Waals surface area contributed by atoms with Gasteiger partial charge in [0.25, 0.3) is 0 Å². The molecule has 0 bridgehead atoms. The summed E-state index contributed by atoms with van der Waals surface area (Å²) in [5.41, 5.74) is 6.53. The van der Waals surface area contributed by atoms with Crippen LogP contribution in [0.5, 0.6) is 0 Å². The predicted octanol–water partition coefficient (Wildman–Crippen LogP) is 2.16. The van der Waals surface area contributed by atoms with Gasteiger partial charge in [0, 0.05) is 19.3 Å². The molecule has 1 unspecified atom stereocenters. The average Bonchev–Trinajstić information content (AvgIpc) is 2.51. The molecule has 76 valence electrons. The van der Waals surface area contributed by atoms with Crippen molar-refractivity contribution in [2.45, 2.75) is 13.3 Å². The molecule has 1 aromatic heterocycles. The van der Waals surface area contributed by atoms with E-state index in [2.05, 4.69) is 16.8 Å². The van der Waals surface area contributed by atoms with Gasteiger partial charge < -0.3 is 10.6 Å². The zero-order valence-corrected chi connectivity index (χ0v) is 8.96. The Labute approximate surface area is 88.9 Å². The highest BCUT2D eigenvalue weighted by Gasteiger charge is 2.21. The summed E-state index contributed by atoms with van der Waals surface area (Å²) in [6, 6.07) is 1.76. The van der Waals surface area contributed by atoms with Crippen LogP contribution in [0.25, 0.3) is 0 Å². The monoisotopic (exact) mass is 211 g/mol. The Morgan fingerprint density at radius 2 is 2.43 bits per heavy atom. The first-order chi connectivity index (χ1) is 6.66. The molecule has 1 aromatic rings. The largest absolute Gasteiger partial charge is 0.396 e. The maximum atomic E-state index is 5.86. The fourth-order valence-electron chi connectivity index (χ4n) is 1.84. The zero-order valence-electron chi connectivity index (χ0n) is 8.20. The van der Waals surface area contributed by atoms with E-state index in [0.29, 0.717) is 10.7 Å². The van der Waals surface area contributed by atoms with Crippen molar-refractivity contribution in [2.24, 2.45) is 5.92 Å². The van der Waals surface area contributed by atoms with E-state index >= 15 is 0 Å². The molecule has 0 aromatic carbocycles. The molecule has 0 amide bonds. The summed E-state index contributed by atoms with van der Waals surface area (Å²) in [4.78, 5) is 6.48. The second kappa shape index (κ2) is 3.65. The van der Waals surface area contributed by atoms with Crippen molar-refractivity contribution in [3.05, 3.63) is 17.3 Å². The summed E-state index contributed by atoms with van der Waals surface area (Å²) in [5.74, 6) is 1.60. The molecule has 14 heavy (non-hydrogen) atoms. The third-order valence-corrected chi connectivity index (χ3v) is 2.79. The van der Waals surface area contributed by atoms with Crippen LogP contribution in [0.15, 0.2) is 12.3 Å². The van der Waals surface area contributed by atoms with Gasteiger partial charge in [0.1, 0.15) is 0 Å². The molecule has 4 heteroatoms. The van der Waals surface area contributed by atoms with Gasteiger partial charge in [0.15, 0.2) is 5.82 Å². The molecule has 2 rings (SSSR count). The minimum atomic E-state index is 0.596. The average molecular weight is 212 g/mol. The summed E-state index contributed by atoms with van der Waals surface area (Å²) in [6.07, 6.45) is 2.86. The Kier molecular flexibility index (Phi) is 2.50. The summed E-state index contributed by atoms with van der Waals surface area (Å²) < 4.78 is 0. The van der Waals surface area contributed by atoms with E-state index in [0.717, 1.165) is 24.8 Å². The smallest absolute Gasteiger partial charge is 0.151 e. The summed E-state index contributed by atoms with van der Waals surface area (Å²) in [6.45, 7) is 4.32. The van der Waals surface area contributed by atoms with Crippen molar-refractivity contribution in [2.75, 3.05) is 23.7 Å². The zero-order chi connectivity index (χ0) is 10.1. The van der Waals surface area contributed by atoms with Gasteiger partial charge in [0.05, 0.1) is 10.7 Å². The van der Waals surface area contributed by atoms with Crippen LogP contribution in [0.4, 0.5) is 11.5 Å². The van der Waals surface area contributed by atoms with E-state index in [4.69, 9.17) is 17.3 Å². The normalized spacial score (nSPS) is 21.6. The highest BCUT2D eigenvalue weighted by Crippen LogP contribution is 2.27. The van der Waals surface area contributed by atoms with Crippen molar-refractivity contribution in [1.82, 2.24) is 4.98 Å². The number of nitrogen functional groups attached to an aromatic ring is 1. The van der Waals surface area contributed by atoms with Gasteiger partial charge in [-0.05, 0) is 18.4 Å². The van der Waals surface area contributed by atoms with Crippen molar-refractivity contribution >= 4 is 23.1 Å². The van der Waals surface area contributed by atoms with Crippen molar-refractivity contribution in [3.63, 3.8) is 0 Å². The van der Waals surface area contributed by atoms with E-state index in [1.807, 2.05) is 0 Å². The number of rotatable bonds is 1. The van der Waals surface area contributed by atoms with Crippen LogP contribution in [-0.4, -0.2) is 18.1 Å². The lowest BCUT2D eigenvalue weighted by atomic mass is 10.2. The van der Waals surface area contributed by atoms with Gasteiger partial charge >= 0.3 is 0 Å². The van der Waals surface area contributed by atoms with Crippen LogP contribution >= 0.6 is 11.6 Å². The van der Waals surface area contributed by atoms with Crippen molar-refractivity contribution in [3.8, 4) is 0 Å². The minimum absolute atomic E-state index is 0.596.